The molecule has 6 heteroatoms. The number of fused-ring (bicyclic) bond motifs is 1. The predicted octanol–water partition coefficient (Wildman–Crippen LogP) is 4.52. The lowest BCUT2D eigenvalue weighted by Crippen LogP contribution is -2.14. The Morgan fingerprint density at radius 1 is 1.32 bits per heavy atom. The summed E-state index contributed by atoms with van der Waals surface area (Å²) in [5.74, 6) is 0.509. The number of carbonyl (C=O) groups excluding carboxylic acids is 1. The molecule has 1 saturated carbocycles. The Morgan fingerprint density at radius 2 is 2.12 bits per heavy atom. The number of aromatic nitrogens is 3. The van der Waals surface area contributed by atoms with Crippen LogP contribution in [0.1, 0.15) is 55.6 Å². The number of para-hydroxylation sites is 1. The topological polar surface area (TPSA) is 59.8 Å². The fourth-order valence-electron chi connectivity index (χ4n) is 3.29. The second kappa shape index (κ2) is 6.59. The van der Waals surface area contributed by atoms with Crippen molar-refractivity contribution in [3.05, 3.63) is 41.0 Å². The molecule has 0 saturated heterocycles. The van der Waals surface area contributed by atoms with Crippen LogP contribution in [-0.4, -0.2) is 20.7 Å². The van der Waals surface area contributed by atoms with Gasteiger partial charge in [0, 0.05) is 29.1 Å². The van der Waals surface area contributed by atoms with Crippen molar-refractivity contribution in [2.75, 3.05) is 5.32 Å². The van der Waals surface area contributed by atoms with Crippen LogP contribution < -0.4 is 5.32 Å². The lowest BCUT2D eigenvalue weighted by Gasteiger charge is -2.21. The van der Waals surface area contributed by atoms with Gasteiger partial charge in [-0.05, 0) is 38.3 Å². The zero-order valence-electron chi connectivity index (χ0n) is 14.5. The van der Waals surface area contributed by atoms with Crippen LogP contribution in [0.25, 0.3) is 10.9 Å². The van der Waals surface area contributed by atoms with Crippen molar-refractivity contribution in [3.8, 4) is 0 Å². The number of anilines is 1. The van der Waals surface area contributed by atoms with Crippen LogP contribution >= 0.6 is 11.3 Å². The lowest BCUT2D eigenvalue weighted by atomic mass is 9.86. The zero-order valence-corrected chi connectivity index (χ0v) is 15.3. The van der Waals surface area contributed by atoms with Crippen LogP contribution in [0.15, 0.2) is 30.5 Å². The van der Waals surface area contributed by atoms with Crippen LogP contribution in [0.5, 0.6) is 0 Å². The van der Waals surface area contributed by atoms with Gasteiger partial charge in [-0.15, -0.1) is 10.2 Å². The minimum atomic E-state index is -0.0389. The summed E-state index contributed by atoms with van der Waals surface area (Å²) in [6.45, 7) is 4.30. The van der Waals surface area contributed by atoms with E-state index in [0.717, 1.165) is 16.0 Å². The molecule has 0 bridgehead atoms. The predicted molar refractivity (Wildman–Crippen MR) is 101 cm³/mol. The van der Waals surface area contributed by atoms with Gasteiger partial charge in [0.25, 0.3) is 0 Å². The number of nitrogens with one attached hydrogen (secondary N) is 1. The van der Waals surface area contributed by atoms with Crippen molar-refractivity contribution >= 4 is 33.3 Å². The van der Waals surface area contributed by atoms with E-state index in [0.29, 0.717) is 23.5 Å². The van der Waals surface area contributed by atoms with Crippen molar-refractivity contribution in [1.29, 1.82) is 0 Å². The quantitative estimate of drug-likeness (QED) is 0.733. The number of hydrogen-bond donors (Lipinski definition) is 1. The van der Waals surface area contributed by atoms with E-state index in [2.05, 4.69) is 52.3 Å². The van der Waals surface area contributed by atoms with E-state index in [1.807, 2.05) is 12.1 Å². The van der Waals surface area contributed by atoms with Crippen molar-refractivity contribution in [2.24, 2.45) is 0 Å². The number of hydrogen-bond acceptors (Lipinski definition) is 4. The lowest BCUT2D eigenvalue weighted by molar-refractivity contribution is -0.115. The van der Waals surface area contributed by atoms with Crippen molar-refractivity contribution in [1.82, 2.24) is 14.8 Å². The molecule has 1 aromatic carbocycles. The molecule has 1 aliphatic carbocycles. The maximum absolute atomic E-state index is 12.5. The van der Waals surface area contributed by atoms with E-state index in [1.165, 1.54) is 36.1 Å². The second-order valence-electron chi connectivity index (χ2n) is 6.97. The molecule has 4 rings (SSSR count). The molecule has 2 heterocycles. The largest absolute Gasteiger partial charge is 0.345 e. The van der Waals surface area contributed by atoms with Crippen molar-refractivity contribution < 1.29 is 4.79 Å². The van der Waals surface area contributed by atoms with Gasteiger partial charge in [-0.25, -0.2) is 0 Å². The van der Waals surface area contributed by atoms with Gasteiger partial charge in [-0.2, -0.15) is 0 Å². The second-order valence-corrected chi connectivity index (χ2v) is 7.98. The van der Waals surface area contributed by atoms with E-state index >= 15 is 0 Å². The van der Waals surface area contributed by atoms with Crippen LogP contribution in [0, 0.1) is 0 Å². The molecule has 1 N–H and O–H groups in total. The van der Waals surface area contributed by atoms with Gasteiger partial charge < -0.3 is 9.88 Å². The molecule has 1 fully saturated rings. The molecule has 2 aromatic heterocycles. The Morgan fingerprint density at radius 3 is 2.84 bits per heavy atom. The van der Waals surface area contributed by atoms with Crippen molar-refractivity contribution in [3.63, 3.8) is 0 Å². The van der Waals surface area contributed by atoms with Gasteiger partial charge in [-0.1, -0.05) is 36.0 Å². The summed E-state index contributed by atoms with van der Waals surface area (Å²) in [4.78, 5) is 12.5. The molecule has 1 aliphatic rings. The van der Waals surface area contributed by atoms with Crippen LogP contribution in [0.2, 0.25) is 0 Å². The molecule has 5 nitrogen and oxygen atoms in total. The number of benzene rings is 1. The summed E-state index contributed by atoms with van der Waals surface area (Å²) < 4.78 is 2.22. The monoisotopic (exact) mass is 354 g/mol. The first-order valence-corrected chi connectivity index (χ1v) is 9.65. The molecule has 130 valence electrons. The molecule has 3 aromatic rings. The van der Waals surface area contributed by atoms with Crippen LogP contribution in [0.4, 0.5) is 5.13 Å². The standard InChI is InChI=1S/C19H22N4OS/c1-12(2)23-11-14(15-8-3-4-9-16(15)23)10-17(24)20-19-22-21-18(25-19)13-6-5-7-13/h3-4,8-9,11-13H,5-7,10H2,1-2H3,(H,20,22,24). The normalized spacial score (nSPS) is 14.8. The average Bonchev–Trinajstić information content (AvgIpc) is 3.11. The third-order valence-electron chi connectivity index (χ3n) is 4.87. The van der Waals surface area contributed by atoms with E-state index in [9.17, 15) is 4.79 Å². The Balaban J connectivity index is 1.51. The van der Waals surface area contributed by atoms with E-state index in [1.54, 1.807) is 0 Å². The smallest absolute Gasteiger partial charge is 0.230 e. The van der Waals surface area contributed by atoms with E-state index in [4.69, 9.17) is 0 Å². The highest BCUT2D eigenvalue weighted by Gasteiger charge is 2.24. The first-order chi connectivity index (χ1) is 12.1. The van der Waals surface area contributed by atoms with E-state index in [-0.39, 0.29) is 5.91 Å². The van der Waals surface area contributed by atoms with Crippen LogP contribution in [0.3, 0.4) is 0 Å². The summed E-state index contributed by atoms with van der Waals surface area (Å²) in [5.41, 5.74) is 2.22. The highest BCUT2D eigenvalue weighted by atomic mass is 32.1. The van der Waals surface area contributed by atoms with Gasteiger partial charge in [0.1, 0.15) is 5.01 Å². The van der Waals surface area contributed by atoms with Crippen LogP contribution in [-0.2, 0) is 11.2 Å². The SMILES string of the molecule is CC(C)n1cc(CC(=O)Nc2nnc(C3CCC3)s2)c2ccccc21. The Kier molecular flexibility index (Phi) is 4.29. The summed E-state index contributed by atoms with van der Waals surface area (Å²) in [5, 5.41) is 14.1. The maximum atomic E-state index is 12.5. The minimum absolute atomic E-state index is 0.0389. The highest BCUT2D eigenvalue weighted by molar-refractivity contribution is 7.15. The Hall–Kier alpha value is -2.21. The Bertz CT molecular complexity index is 907. The minimum Gasteiger partial charge on any atom is -0.345 e. The molecule has 0 aliphatic heterocycles. The fraction of sp³-hybridized carbons (Fsp3) is 0.421. The molecular formula is C19H22N4OS. The van der Waals surface area contributed by atoms with Crippen molar-refractivity contribution in [2.45, 2.75) is 51.5 Å². The first-order valence-electron chi connectivity index (χ1n) is 8.83. The average molecular weight is 354 g/mol. The zero-order chi connectivity index (χ0) is 17.4. The third kappa shape index (κ3) is 3.18. The van der Waals surface area contributed by atoms with Gasteiger partial charge >= 0.3 is 0 Å². The molecular weight excluding hydrogens is 332 g/mol. The fourth-order valence-corrected chi connectivity index (χ4v) is 4.22. The Labute approximate surface area is 151 Å². The first kappa shape index (κ1) is 16.3. The molecule has 25 heavy (non-hydrogen) atoms. The molecule has 1 amide bonds. The third-order valence-corrected chi connectivity index (χ3v) is 5.87. The van der Waals surface area contributed by atoms with E-state index < -0.39 is 0 Å². The molecule has 0 spiro atoms. The maximum Gasteiger partial charge on any atom is 0.230 e. The molecule has 0 radical (unpaired) electrons. The number of rotatable bonds is 5. The number of nitrogens with zero attached hydrogens (tertiary/aromatic N) is 3. The molecule has 0 unspecified atom stereocenters. The molecule has 0 atom stereocenters. The summed E-state index contributed by atoms with van der Waals surface area (Å²) >= 11 is 1.51. The van der Waals surface area contributed by atoms with Gasteiger partial charge in [-0.3, -0.25) is 4.79 Å². The summed E-state index contributed by atoms with van der Waals surface area (Å²) in [6.07, 6.45) is 6.09. The van der Waals surface area contributed by atoms with Gasteiger partial charge in [0.2, 0.25) is 11.0 Å². The van der Waals surface area contributed by atoms with Gasteiger partial charge in [0.15, 0.2) is 0 Å². The number of carbonyl (C=O) groups is 1. The highest BCUT2D eigenvalue weighted by Crippen LogP contribution is 2.38. The summed E-state index contributed by atoms with van der Waals surface area (Å²) in [7, 11) is 0. The summed E-state index contributed by atoms with van der Waals surface area (Å²) in [6, 6.07) is 8.59. The van der Waals surface area contributed by atoms with Gasteiger partial charge in [0.05, 0.1) is 6.42 Å². The number of amides is 1.